The van der Waals surface area contributed by atoms with E-state index in [1.165, 1.54) is 56.7 Å². The van der Waals surface area contributed by atoms with Gasteiger partial charge in [-0.3, -0.25) is 0 Å². The number of phenols is 1. The first kappa shape index (κ1) is 19.3. The maximum absolute atomic E-state index is 11.7. The van der Waals surface area contributed by atoms with Gasteiger partial charge in [0.2, 0.25) is 5.75 Å². The molecule has 0 saturated heterocycles. The van der Waals surface area contributed by atoms with Gasteiger partial charge >= 0.3 is 5.97 Å². The lowest BCUT2D eigenvalue weighted by Crippen LogP contribution is -2.01. The van der Waals surface area contributed by atoms with Gasteiger partial charge in [0.15, 0.2) is 21.3 Å². The first-order chi connectivity index (χ1) is 12.2. The molecule has 2 N–H and O–H groups in total. The van der Waals surface area contributed by atoms with Crippen LogP contribution in [0.15, 0.2) is 41.3 Å². The molecule has 8 heteroatoms. The number of methoxy groups -OCH3 is 2. The predicted octanol–water partition coefficient (Wildman–Crippen LogP) is 2.44. The van der Waals surface area contributed by atoms with Crippen LogP contribution in [0.25, 0.3) is 11.6 Å². The van der Waals surface area contributed by atoms with Crippen molar-refractivity contribution in [2.75, 3.05) is 20.5 Å². The van der Waals surface area contributed by atoms with Crippen molar-refractivity contribution in [3.63, 3.8) is 0 Å². The number of carbonyl (C=O) groups is 1. The Kier molecular flexibility index (Phi) is 5.56. The summed E-state index contributed by atoms with van der Waals surface area (Å²) in [6.07, 6.45) is 2.45. The number of carboxylic acid groups (broad SMARTS) is 1. The second-order valence-electron chi connectivity index (χ2n) is 5.43. The molecule has 138 valence electrons. The second kappa shape index (κ2) is 7.49. The third-order valence-electron chi connectivity index (χ3n) is 3.64. The Balaban J connectivity index is 2.56. The first-order valence-electron chi connectivity index (χ1n) is 7.38. The van der Waals surface area contributed by atoms with Gasteiger partial charge < -0.3 is 19.7 Å². The third kappa shape index (κ3) is 4.15. The summed E-state index contributed by atoms with van der Waals surface area (Å²) in [4.78, 5) is 11.8. The monoisotopic (exact) mass is 378 g/mol. The van der Waals surface area contributed by atoms with Crippen molar-refractivity contribution in [3.8, 4) is 17.2 Å². The van der Waals surface area contributed by atoms with Crippen LogP contribution in [0.4, 0.5) is 0 Å². The van der Waals surface area contributed by atoms with Crippen molar-refractivity contribution >= 4 is 27.5 Å². The van der Waals surface area contributed by atoms with Gasteiger partial charge in [0.05, 0.1) is 24.7 Å². The van der Waals surface area contributed by atoms with Crippen LogP contribution in [0.1, 0.15) is 11.1 Å². The first-order valence-corrected chi connectivity index (χ1v) is 9.27. The van der Waals surface area contributed by atoms with E-state index in [0.29, 0.717) is 11.1 Å². The minimum absolute atomic E-state index is 0.0557. The number of ether oxygens (including phenoxy) is 2. The second-order valence-corrected chi connectivity index (χ2v) is 7.45. The summed E-state index contributed by atoms with van der Waals surface area (Å²) in [6, 6.07) is 8.46. The Morgan fingerprint density at radius 3 is 1.92 bits per heavy atom. The lowest BCUT2D eigenvalue weighted by molar-refractivity contribution is -0.130. The largest absolute Gasteiger partial charge is 0.502 e. The van der Waals surface area contributed by atoms with E-state index in [4.69, 9.17) is 9.47 Å². The standard InChI is InChI=1S/C18H18O7S/c1-24-15-9-11(10-16(25-2)17(15)19)8-14(18(20)21)12-4-6-13(7-5-12)26(3,22)23/h4-10,19H,1-3H3,(H,20,21)/b14-8+. The molecule has 2 aromatic rings. The van der Waals surface area contributed by atoms with Crippen LogP contribution in [-0.2, 0) is 14.6 Å². The predicted molar refractivity (Wildman–Crippen MR) is 96.3 cm³/mol. The topological polar surface area (TPSA) is 110 Å². The molecule has 0 radical (unpaired) electrons. The highest BCUT2D eigenvalue weighted by atomic mass is 32.2. The molecular formula is C18H18O7S. The summed E-state index contributed by atoms with van der Waals surface area (Å²) >= 11 is 0. The summed E-state index contributed by atoms with van der Waals surface area (Å²) in [6.45, 7) is 0. The molecule has 0 aliphatic rings. The van der Waals surface area contributed by atoms with Gasteiger partial charge in [0.1, 0.15) is 0 Å². The SMILES string of the molecule is COc1cc(/C=C(/C(=O)O)c2ccc(S(C)(=O)=O)cc2)cc(OC)c1O. The highest BCUT2D eigenvalue weighted by Crippen LogP contribution is 2.38. The van der Waals surface area contributed by atoms with Crippen LogP contribution >= 0.6 is 0 Å². The maximum atomic E-state index is 11.7. The van der Waals surface area contributed by atoms with Crippen LogP contribution in [-0.4, -0.2) is 45.1 Å². The Morgan fingerprint density at radius 1 is 1.04 bits per heavy atom. The Bertz CT molecular complexity index is 933. The molecule has 0 atom stereocenters. The number of phenolic OH excluding ortho intramolecular Hbond substituents is 1. The molecule has 0 unspecified atom stereocenters. The molecule has 2 rings (SSSR count). The van der Waals surface area contributed by atoms with Crippen molar-refractivity contribution < 1.29 is 32.9 Å². The zero-order chi connectivity index (χ0) is 19.5. The summed E-state index contributed by atoms with van der Waals surface area (Å²) in [5, 5.41) is 19.5. The average molecular weight is 378 g/mol. The molecule has 0 aliphatic heterocycles. The number of hydrogen-bond donors (Lipinski definition) is 2. The van der Waals surface area contributed by atoms with E-state index < -0.39 is 15.8 Å². The minimum Gasteiger partial charge on any atom is -0.502 e. The van der Waals surface area contributed by atoms with Crippen molar-refractivity contribution in [3.05, 3.63) is 47.5 Å². The van der Waals surface area contributed by atoms with Crippen molar-refractivity contribution in [1.82, 2.24) is 0 Å². The van der Waals surface area contributed by atoms with E-state index in [1.54, 1.807) is 0 Å². The fourth-order valence-corrected chi connectivity index (χ4v) is 2.94. The van der Waals surface area contributed by atoms with E-state index in [9.17, 15) is 23.4 Å². The lowest BCUT2D eigenvalue weighted by atomic mass is 10.0. The molecule has 2 aromatic carbocycles. The van der Waals surface area contributed by atoms with Gasteiger partial charge in [-0.2, -0.15) is 0 Å². The van der Waals surface area contributed by atoms with Crippen LogP contribution in [0, 0.1) is 0 Å². The van der Waals surface area contributed by atoms with E-state index in [-0.39, 0.29) is 27.7 Å². The van der Waals surface area contributed by atoms with Crippen LogP contribution in [0.2, 0.25) is 0 Å². The Labute approximate surface area is 151 Å². The van der Waals surface area contributed by atoms with Gasteiger partial charge in [-0.1, -0.05) is 12.1 Å². The number of benzene rings is 2. The molecule has 26 heavy (non-hydrogen) atoms. The maximum Gasteiger partial charge on any atom is 0.336 e. The average Bonchev–Trinajstić information content (AvgIpc) is 2.59. The third-order valence-corrected chi connectivity index (χ3v) is 4.77. The summed E-state index contributed by atoms with van der Waals surface area (Å²) in [7, 11) is -0.645. The quantitative estimate of drug-likeness (QED) is 0.587. The zero-order valence-corrected chi connectivity index (χ0v) is 15.2. The van der Waals surface area contributed by atoms with Gasteiger partial charge in [-0.05, 0) is 41.5 Å². The number of aliphatic carboxylic acids is 1. The normalized spacial score (nSPS) is 11.9. The lowest BCUT2D eigenvalue weighted by Gasteiger charge is -2.10. The fraction of sp³-hybridized carbons (Fsp3) is 0.167. The van der Waals surface area contributed by atoms with E-state index in [1.807, 2.05) is 0 Å². The molecule has 0 fully saturated rings. The molecule has 0 amide bonds. The van der Waals surface area contributed by atoms with Crippen molar-refractivity contribution in [2.24, 2.45) is 0 Å². The summed E-state index contributed by atoms with van der Waals surface area (Å²) in [5.74, 6) is -1.12. The Hall–Kier alpha value is -3.00. The summed E-state index contributed by atoms with van der Waals surface area (Å²) in [5.41, 5.74) is 0.705. The molecule has 0 aromatic heterocycles. The molecular weight excluding hydrogens is 360 g/mol. The highest BCUT2D eigenvalue weighted by Gasteiger charge is 2.15. The minimum atomic E-state index is -3.37. The number of aromatic hydroxyl groups is 1. The fourth-order valence-electron chi connectivity index (χ4n) is 2.31. The van der Waals surface area contributed by atoms with E-state index in [2.05, 4.69) is 0 Å². The molecule has 0 bridgehead atoms. The van der Waals surface area contributed by atoms with Gasteiger partial charge in [0.25, 0.3) is 0 Å². The number of sulfone groups is 1. The van der Waals surface area contributed by atoms with Crippen molar-refractivity contribution in [2.45, 2.75) is 4.90 Å². The Morgan fingerprint density at radius 2 is 1.54 bits per heavy atom. The molecule has 0 spiro atoms. The molecule has 0 heterocycles. The van der Waals surface area contributed by atoms with E-state index >= 15 is 0 Å². The van der Waals surface area contributed by atoms with Crippen LogP contribution < -0.4 is 9.47 Å². The molecule has 0 saturated carbocycles. The number of hydrogen-bond acceptors (Lipinski definition) is 6. The zero-order valence-electron chi connectivity index (χ0n) is 14.4. The van der Waals surface area contributed by atoms with Crippen LogP contribution in [0.3, 0.4) is 0 Å². The number of carboxylic acids is 1. The van der Waals surface area contributed by atoms with Gasteiger partial charge in [-0.25, -0.2) is 13.2 Å². The molecule has 7 nitrogen and oxygen atoms in total. The van der Waals surface area contributed by atoms with Gasteiger partial charge in [0, 0.05) is 6.26 Å². The van der Waals surface area contributed by atoms with Gasteiger partial charge in [-0.15, -0.1) is 0 Å². The molecule has 0 aliphatic carbocycles. The van der Waals surface area contributed by atoms with E-state index in [0.717, 1.165) is 6.26 Å². The smallest absolute Gasteiger partial charge is 0.336 e. The van der Waals surface area contributed by atoms with Crippen LogP contribution in [0.5, 0.6) is 17.2 Å². The highest BCUT2D eigenvalue weighted by molar-refractivity contribution is 7.90. The van der Waals surface area contributed by atoms with Crippen molar-refractivity contribution in [1.29, 1.82) is 0 Å². The summed E-state index contributed by atoms with van der Waals surface area (Å²) < 4.78 is 33.2. The number of rotatable bonds is 6.